The average Bonchev–Trinajstić information content (AvgIpc) is 2.94. The minimum Gasteiger partial charge on any atom is -0.481 e. The van der Waals surface area contributed by atoms with Crippen LogP contribution in [-0.2, 0) is 4.79 Å². The van der Waals surface area contributed by atoms with Crippen LogP contribution in [0.25, 0.3) is 0 Å². The van der Waals surface area contributed by atoms with Gasteiger partial charge in [-0.25, -0.2) is 4.98 Å². The first-order valence-corrected chi connectivity index (χ1v) is 7.05. The van der Waals surface area contributed by atoms with Crippen molar-refractivity contribution in [1.29, 1.82) is 0 Å². The lowest BCUT2D eigenvalue weighted by molar-refractivity contribution is -0.133. The second-order valence-corrected chi connectivity index (χ2v) is 5.44. The zero-order valence-electron chi connectivity index (χ0n) is 12.6. The predicted molar refractivity (Wildman–Crippen MR) is 78.1 cm³/mol. The maximum atomic E-state index is 12.2. The van der Waals surface area contributed by atoms with Crippen LogP contribution in [0.3, 0.4) is 0 Å². The first-order valence-electron chi connectivity index (χ1n) is 7.05. The summed E-state index contributed by atoms with van der Waals surface area (Å²) in [6, 6.07) is 3.21. The molecule has 2 rings (SSSR count). The summed E-state index contributed by atoms with van der Waals surface area (Å²) in [7, 11) is 5.01. The number of hydrogen-bond donors (Lipinski definition) is 1. The quantitative estimate of drug-likeness (QED) is 0.901. The predicted octanol–water partition coefficient (Wildman–Crippen LogP) is 1.08. The monoisotopic (exact) mass is 291 g/mol. The topological polar surface area (TPSA) is 71.5 Å². The Morgan fingerprint density at radius 2 is 2.10 bits per heavy atom. The Balaban J connectivity index is 2.02. The lowest BCUT2D eigenvalue weighted by Gasteiger charge is -2.23. The van der Waals surface area contributed by atoms with Crippen molar-refractivity contribution in [3.63, 3.8) is 0 Å². The van der Waals surface area contributed by atoms with E-state index in [-0.39, 0.29) is 23.8 Å². The number of rotatable bonds is 4. The van der Waals surface area contributed by atoms with Gasteiger partial charge in [0.2, 0.25) is 11.8 Å². The van der Waals surface area contributed by atoms with E-state index in [4.69, 9.17) is 4.74 Å². The molecule has 2 atom stereocenters. The standard InChI is InChI=1S/C15H21N3O3/c1-18(2)15(20)11-5-4-6-12(11)17-14(19)10-7-8-13(21-3)16-9-10/h7-9,11-12H,4-6H2,1-3H3,(H,17,19)/t11-,12+/m0/s1. The van der Waals surface area contributed by atoms with E-state index in [1.165, 1.54) is 13.3 Å². The molecule has 1 heterocycles. The Morgan fingerprint density at radius 3 is 2.67 bits per heavy atom. The number of hydrogen-bond acceptors (Lipinski definition) is 4. The molecular weight excluding hydrogens is 270 g/mol. The van der Waals surface area contributed by atoms with E-state index in [1.807, 2.05) is 0 Å². The summed E-state index contributed by atoms with van der Waals surface area (Å²) in [6.07, 6.45) is 4.09. The SMILES string of the molecule is COc1ccc(C(=O)N[C@@H]2CCC[C@@H]2C(=O)N(C)C)cn1. The van der Waals surface area contributed by atoms with Crippen molar-refractivity contribution < 1.29 is 14.3 Å². The first kappa shape index (κ1) is 15.3. The van der Waals surface area contributed by atoms with Gasteiger partial charge < -0.3 is 15.0 Å². The van der Waals surface area contributed by atoms with E-state index in [0.29, 0.717) is 11.4 Å². The van der Waals surface area contributed by atoms with Crippen molar-refractivity contribution in [2.75, 3.05) is 21.2 Å². The van der Waals surface area contributed by atoms with Gasteiger partial charge in [-0.05, 0) is 18.9 Å². The zero-order chi connectivity index (χ0) is 15.4. The highest BCUT2D eigenvalue weighted by atomic mass is 16.5. The molecule has 2 amide bonds. The number of aromatic nitrogens is 1. The summed E-state index contributed by atoms with van der Waals surface area (Å²) in [5.74, 6) is 0.211. The number of methoxy groups -OCH3 is 1. The summed E-state index contributed by atoms with van der Waals surface area (Å²) >= 11 is 0. The third kappa shape index (κ3) is 3.51. The van der Waals surface area contributed by atoms with Crippen LogP contribution in [0.5, 0.6) is 5.88 Å². The van der Waals surface area contributed by atoms with E-state index in [0.717, 1.165) is 19.3 Å². The van der Waals surface area contributed by atoms with Crippen LogP contribution in [0.4, 0.5) is 0 Å². The zero-order valence-corrected chi connectivity index (χ0v) is 12.6. The summed E-state index contributed by atoms with van der Waals surface area (Å²) in [5.41, 5.74) is 0.471. The number of ether oxygens (including phenoxy) is 1. The van der Waals surface area contributed by atoms with Gasteiger partial charge in [-0.2, -0.15) is 0 Å². The summed E-state index contributed by atoms with van der Waals surface area (Å²) in [4.78, 5) is 29.9. The van der Waals surface area contributed by atoms with Crippen LogP contribution in [0.2, 0.25) is 0 Å². The molecule has 0 saturated heterocycles. The molecule has 1 saturated carbocycles. The molecule has 6 nitrogen and oxygen atoms in total. The van der Waals surface area contributed by atoms with Gasteiger partial charge >= 0.3 is 0 Å². The molecule has 21 heavy (non-hydrogen) atoms. The fourth-order valence-electron chi connectivity index (χ4n) is 2.65. The average molecular weight is 291 g/mol. The van der Waals surface area contributed by atoms with E-state index >= 15 is 0 Å². The largest absolute Gasteiger partial charge is 0.481 e. The van der Waals surface area contributed by atoms with Crippen LogP contribution in [-0.4, -0.2) is 48.9 Å². The number of pyridine rings is 1. The molecule has 114 valence electrons. The fourth-order valence-corrected chi connectivity index (χ4v) is 2.65. The van der Waals surface area contributed by atoms with Crippen molar-refractivity contribution in [2.45, 2.75) is 25.3 Å². The van der Waals surface area contributed by atoms with Gasteiger partial charge in [-0.15, -0.1) is 0 Å². The summed E-state index contributed by atoms with van der Waals surface area (Å²) in [5, 5.41) is 2.95. The van der Waals surface area contributed by atoms with Gasteiger partial charge in [0.15, 0.2) is 0 Å². The summed E-state index contributed by atoms with van der Waals surface area (Å²) < 4.78 is 4.96. The molecule has 1 N–H and O–H groups in total. The van der Waals surface area contributed by atoms with Gasteiger partial charge in [-0.3, -0.25) is 9.59 Å². The molecule has 1 aromatic heterocycles. The lowest BCUT2D eigenvalue weighted by Crippen LogP contribution is -2.43. The second kappa shape index (κ2) is 6.56. The molecule has 1 aliphatic rings. The van der Waals surface area contributed by atoms with Gasteiger partial charge in [0, 0.05) is 32.4 Å². The van der Waals surface area contributed by atoms with E-state index in [1.54, 1.807) is 31.1 Å². The smallest absolute Gasteiger partial charge is 0.253 e. The van der Waals surface area contributed by atoms with Gasteiger partial charge in [0.05, 0.1) is 18.6 Å². The first-order chi connectivity index (χ1) is 10.0. The Hall–Kier alpha value is -2.11. The number of amides is 2. The molecule has 0 unspecified atom stereocenters. The Bertz CT molecular complexity index is 513. The van der Waals surface area contributed by atoms with Crippen molar-refractivity contribution in [3.8, 4) is 5.88 Å². The molecule has 1 aliphatic carbocycles. The van der Waals surface area contributed by atoms with Crippen molar-refractivity contribution >= 4 is 11.8 Å². The number of nitrogens with zero attached hydrogens (tertiary/aromatic N) is 2. The van der Waals surface area contributed by atoms with E-state index in [9.17, 15) is 9.59 Å². The molecule has 0 radical (unpaired) electrons. The van der Waals surface area contributed by atoms with Crippen molar-refractivity contribution in [1.82, 2.24) is 15.2 Å². The third-order valence-electron chi connectivity index (χ3n) is 3.80. The third-order valence-corrected chi connectivity index (χ3v) is 3.80. The second-order valence-electron chi connectivity index (χ2n) is 5.44. The molecule has 0 aliphatic heterocycles. The Kier molecular flexibility index (Phi) is 4.77. The molecule has 0 aromatic carbocycles. The number of carbonyl (C=O) groups excluding carboxylic acids is 2. The van der Waals surface area contributed by atoms with Gasteiger partial charge in [-0.1, -0.05) is 6.42 Å². The van der Waals surface area contributed by atoms with Gasteiger partial charge in [0.25, 0.3) is 5.91 Å². The minimum atomic E-state index is -0.200. The number of carbonyl (C=O) groups is 2. The summed E-state index contributed by atoms with van der Waals surface area (Å²) in [6.45, 7) is 0. The van der Waals surface area contributed by atoms with Crippen molar-refractivity contribution in [2.24, 2.45) is 5.92 Å². The normalized spacial score (nSPS) is 20.9. The minimum absolute atomic E-state index is 0.0747. The van der Waals surface area contributed by atoms with Crippen LogP contribution >= 0.6 is 0 Å². The molecular formula is C15H21N3O3. The van der Waals surface area contributed by atoms with Crippen LogP contribution in [0.1, 0.15) is 29.6 Å². The highest BCUT2D eigenvalue weighted by molar-refractivity contribution is 5.94. The molecule has 1 aromatic rings. The highest BCUT2D eigenvalue weighted by Crippen LogP contribution is 2.27. The van der Waals surface area contributed by atoms with Gasteiger partial charge in [0.1, 0.15) is 0 Å². The molecule has 6 heteroatoms. The Labute approximate surface area is 124 Å². The van der Waals surface area contributed by atoms with E-state index in [2.05, 4.69) is 10.3 Å². The maximum absolute atomic E-state index is 12.2. The van der Waals surface area contributed by atoms with Crippen LogP contribution in [0, 0.1) is 5.92 Å². The van der Waals surface area contributed by atoms with E-state index < -0.39 is 0 Å². The maximum Gasteiger partial charge on any atom is 0.253 e. The highest BCUT2D eigenvalue weighted by Gasteiger charge is 2.34. The molecule has 0 spiro atoms. The fraction of sp³-hybridized carbons (Fsp3) is 0.533. The van der Waals surface area contributed by atoms with Crippen LogP contribution in [0.15, 0.2) is 18.3 Å². The lowest BCUT2D eigenvalue weighted by atomic mass is 10.0. The molecule has 1 fully saturated rings. The van der Waals surface area contributed by atoms with Crippen LogP contribution < -0.4 is 10.1 Å². The Morgan fingerprint density at radius 1 is 1.33 bits per heavy atom. The molecule has 0 bridgehead atoms. The number of nitrogens with one attached hydrogen (secondary N) is 1. The van der Waals surface area contributed by atoms with Crippen molar-refractivity contribution in [3.05, 3.63) is 23.9 Å².